The third-order valence-corrected chi connectivity index (χ3v) is 2.06. The Labute approximate surface area is 91.0 Å². The Balaban J connectivity index is 3.29. The average molecular weight is 238 g/mol. The van der Waals surface area contributed by atoms with Gasteiger partial charge in [0.15, 0.2) is 11.5 Å². The van der Waals surface area contributed by atoms with Crippen molar-refractivity contribution in [2.75, 3.05) is 14.2 Å². The Hall–Kier alpha value is -1.10. The van der Waals surface area contributed by atoms with E-state index in [1.807, 2.05) is 0 Å². The van der Waals surface area contributed by atoms with Gasteiger partial charge in [-0.3, -0.25) is 0 Å². The van der Waals surface area contributed by atoms with Crippen molar-refractivity contribution >= 4 is 11.6 Å². The molecule has 0 fully saturated rings. The second-order valence-electron chi connectivity index (χ2n) is 2.66. The van der Waals surface area contributed by atoms with E-state index in [0.29, 0.717) is 0 Å². The molecule has 0 spiro atoms. The van der Waals surface area contributed by atoms with Crippen molar-refractivity contribution in [2.45, 2.75) is 12.3 Å². The second kappa shape index (κ2) is 5.11. The number of methoxy groups -OCH3 is 2. The molecular formula is C9H10ClF2NO2. The third-order valence-electron chi connectivity index (χ3n) is 1.80. The lowest BCUT2D eigenvalue weighted by Crippen LogP contribution is -2.01. The standard InChI is InChI=1S/C9H10ClF2NO2/c1-14-7-3-5(9(11)12)13-6(4-10)8(7)15-2/h3,9H,4H2,1-2H3. The van der Waals surface area contributed by atoms with E-state index in [-0.39, 0.29) is 28.8 Å². The van der Waals surface area contributed by atoms with Gasteiger partial charge in [0.25, 0.3) is 6.43 Å². The highest BCUT2D eigenvalue weighted by molar-refractivity contribution is 6.17. The molecular weight excluding hydrogens is 228 g/mol. The van der Waals surface area contributed by atoms with E-state index < -0.39 is 6.43 Å². The van der Waals surface area contributed by atoms with Crippen LogP contribution in [0.5, 0.6) is 11.5 Å². The topological polar surface area (TPSA) is 31.4 Å². The fraction of sp³-hybridized carbons (Fsp3) is 0.444. The minimum atomic E-state index is -2.66. The number of alkyl halides is 3. The smallest absolute Gasteiger partial charge is 0.280 e. The van der Waals surface area contributed by atoms with Crippen molar-refractivity contribution in [3.8, 4) is 11.5 Å². The lowest BCUT2D eigenvalue weighted by atomic mass is 10.2. The molecule has 0 aliphatic heterocycles. The molecule has 15 heavy (non-hydrogen) atoms. The number of ether oxygens (including phenoxy) is 2. The highest BCUT2D eigenvalue weighted by Gasteiger charge is 2.18. The first-order valence-electron chi connectivity index (χ1n) is 4.10. The van der Waals surface area contributed by atoms with Gasteiger partial charge in [0.05, 0.1) is 20.1 Å². The number of hydrogen-bond donors (Lipinski definition) is 0. The van der Waals surface area contributed by atoms with Crippen LogP contribution in [0.15, 0.2) is 6.07 Å². The van der Waals surface area contributed by atoms with E-state index in [9.17, 15) is 8.78 Å². The molecule has 0 aliphatic carbocycles. The van der Waals surface area contributed by atoms with Crippen LogP contribution in [0.25, 0.3) is 0 Å². The molecule has 1 rings (SSSR count). The van der Waals surface area contributed by atoms with Gasteiger partial charge in [-0.25, -0.2) is 13.8 Å². The first kappa shape index (κ1) is 12.0. The summed E-state index contributed by atoms with van der Waals surface area (Å²) in [5.74, 6) is 0.482. The van der Waals surface area contributed by atoms with Gasteiger partial charge in [0.1, 0.15) is 11.4 Å². The fourth-order valence-corrected chi connectivity index (χ4v) is 1.33. The van der Waals surface area contributed by atoms with Gasteiger partial charge in [-0.05, 0) is 0 Å². The molecule has 0 aromatic carbocycles. The summed E-state index contributed by atoms with van der Waals surface area (Å²) in [6.07, 6.45) is -2.66. The molecule has 3 nitrogen and oxygen atoms in total. The van der Waals surface area contributed by atoms with Crippen LogP contribution in [0.1, 0.15) is 17.8 Å². The van der Waals surface area contributed by atoms with Gasteiger partial charge >= 0.3 is 0 Å². The number of aromatic nitrogens is 1. The number of halogens is 3. The fourth-order valence-electron chi connectivity index (χ4n) is 1.15. The Morgan fingerprint density at radius 1 is 1.40 bits per heavy atom. The predicted octanol–water partition coefficient (Wildman–Crippen LogP) is 2.78. The van der Waals surface area contributed by atoms with Crippen molar-refractivity contribution in [1.29, 1.82) is 0 Å². The SMILES string of the molecule is COc1cc(C(F)F)nc(CCl)c1OC. The van der Waals surface area contributed by atoms with Gasteiger partial charge in [0, 0.05) is 6.07 Å². The van der Waals surface area contributed by atoms with E-state index in [2.05, 4.69) is 4.98 Å². The van der Waals surface area contributed by atoms with Gasteiger partial charge < -0.3 is 9.47 Å². The summed E-state index contributed by atoms with van der Waals surface area (Å²) in [7, 11) is 2.77. The lowest BCUT2D eigenvalue weighted by molar-refractivity contribution is 0.145. The van der Waals surface area contributed by atoms with Crippen LogP contribution in [-0.2, 0) is 5.88 Å². The highest BCUT2D eigenvalue weighted by atomic mass is 35.5. The zero-order chi connectivity index (χ0) is 11.4. The van der Waals surface area contributed by atoms with Crippen LogP contribution in [0.4, 0.5) is 8.78 Å². The molecule has 84 valence electrons. The van der Waals surface area contributed by atoms with Crippen molar-refractivity contribution < 1.29 is 18.3 Å². The first-order chi connectivity index (χ1) is 7.13. The molecule has 0 amide bonds. The van der Waals surface area contributed by atoms with Crippen molar-refractivity contribution in [1.82, 2.24) is 4.98 Å². The first-order valence-corrected chi connectivity index (χ1v) is 4.63. The molecule has 6 heteroatoms. The number of hydrogen-bond acceptors (Lipinski definition) is 3. The molecule has 1 heterocycles. The second-order valence-corrected chi connectivity index (χ2v) is 2.93. The van der Waals surface area contributed by atoms with Crippen LogP contribution in [0.3, 0.4) is 0 Å². The molecule has 1 aromatic heterocycles. The minimum Gasteiger partial charge on any atom is -0.493 e. The maximum absolute atomic E-state index is 12.4. The van der Waals surface area contributed by atoms with Crippen molar-refractivity contribution in [3.05, 3.63) is 17.5 Å². The Morgan fingerprint density at radius 3 is 2.47 bits per heavy atom. The predicted molar refractivity (Wildman–Crippen MR) is 51.9 cm³/mol. The quantitative estimate of drug-likeness (QED) is 0.755. The van der Waals surface area contributed by atoms with E-state index in [0.717, 1.165) is 6.07 Å². The summed E-state index contributed by atoms with van der Waals surface area (Å²) in [5, 5.41) is 0. The van der Waals surface area contributed by atoms with Gasteiger partial charge in [-0.2, -0.15) is 0 Å². The molecule has 0 saturated carbocycles. The largest absolute Gasteiger partial charge is 0.493 e. The third kappa shape index (κ3) is 2.47. The maximum atomic E-state index is 12.4. The van der Waals surface area contributed by atoms with Crippen LogP contribution < -0.4 is 9.47 Å². The van der Waals surface area contributed by atoms with Crippen molar-refractivity contribution in [3.63, 3.8) is 0 Å². The molecule has 0 saturated heterocycles. The maximum Gasteiger partial charge on any atom is 0.280 e. The highest BCUT2D eigenvalue weighted by Crippen LogP contribution is 2.34. The van der Waals surface area contributed by atoms with E-state index in [1.165, 1.54) is 14.2 Å². The zero-order valence-corrected chi connectivity index (χ0v) is 9.02. The Morgan fingerprint density at radius 2 is 2.07 bits per heavy atom. The summed E-state index contributed by atoms with van der Waals surface area (Å²) in [6.45, 7) is 0. The Kier molecular flexibility index (Phi) is 4.08. The summed E-state index contributed by atoms with van der Waals surface area (Å²) in [4.78, 5) is 3.68. The van der Waals surface area contributed by atoms with Gasteiger partial charge in [-0.15, -0.1) is 11.6 Å². The molecule has 0 N–H and O–H groups in total. The summed E-state index contributed by atoms with van der Waals surface area (Å²) >= 11 is 5.57. The monoisotopic (exact) mass is 237 g/mol. The van der Waals surface area contributed by atoms with Gasteiger partial charge in [-0.1, -0.05) is 0 Å². The average Bonchev–Trinajstić information content (AvgIpc) is 2.26. The van der Waals surface area contributed by atoms with Crippen LogP contribution in [0, 0.1) is 0 Å². The molecule has 0 bridgehead atoms. The van der Waals surface area contributed by atoms with Crippen molar-refractivity contribution in [2.24, 2.45) is 0 Å². The normalized spacial score (nSPS) is 10.5. The van der Waals surface area contributed by atoms with E-state index in [1.54, 1.807) is 0 Å². The molecule has 0 aliphatic rings. The Bertz CT molecular complexity index is 322. The summed E-state index contributed by atoms with van der Waals surface area (Å²) in [6, 6.07) is 1.14. The summed E-state index contributed by atoms with van der Waals surface area (Å²) in [5.41, 5.74) is -0.128. The van der Waals surface area contributed by atoms with Crippen LogP contribution in [-0.4, -0.2) is 19.2 Å². The minimum absolute atomic E-state index is 0.0138. The molecule has 0 atom stereocenters. The van der Waals surface area contributed by atoms with E-state index >= 15 is 0 Å². The lowest BCUT2D eigenvalue weighted by Gasteiger charge is -2.12. The molecule has 0 unspecified atom stereocenters. The number of nitrogens with zero attached hydrogens (tertiary/aromatic N) is 1. The number of rotatable bonds is 4. The molecule has 1 aromatic rings. The number of pyridine rings is 1. The summed E-state index contributed by atoms with van der Waals surface area (Å²) < 4.78 is 34.8. The van der Waals surface area contributed by atoms with E-state index in [4.69, 9.17) is 21.1 Å². The molecule has 0 radical (unpaired) electrons. The zero-order valence-electron chi connectivity index (χ0n) is 8.26. The van der Waals surface area contributed by atoms with Crippen LogP contribution in [0.2, 0.25) is 0 Å². The van der Waals surface area contributed by atoms with Crippen LogP contribution >= 0.6 is 11.6 Å². The van der Waals surface area contributed by atoms with Gasteiger partial charge in [0.2, 0.25) is 0 Å².